The van der Waals surface area contributed by atoms with E-state index in [1.54, 1.807) is 12.1 Å². The first kappa shape index (κ1) is 12.2. The van der Waals surface area contributed by atoms with Crippen molar-refractivity contribution in [2.45, 2.75) is 37.8 Å². The summed E-state index contributed by atoms with van der Waals surface area (Å²) in [5.74, 6) is 0. The number of anilines is 1. The third-order valence-electron chi connectivity index (χ3n) is 3.26. The van der Waals surface area contributed by atoms with Gasteiger partial charge in [-0.2, -0.15) is 5.26 Å². The average Bonchev–Trinajstić information content (AvgIpc) is 2.32. The van der Waals surface area contributed by atoms with E-state index in [0.29, 0.717) is 16.6 Å². The van der Waals surface area contributed by atoms with Crippen molar-refractivity contribution in [3.05, 3.63) is 28.8 Å². The van der Waals surface area contributed by atoms with Crippen LogP contribution in [0.1, 0.15) is 31.2 Å². The number of hydrogen-bond donors (Lipinski definition) is 2. The summed E-state index contributed by atoms with van der Waals surface area (Å²) in [5, 5.41) is 12.7. The Balaban J connectivity index is 2.08. The number of rotatable bonds is 2. The number of halogens is 1. The molecule has 0 amide bonds. The van der Waals surface area contributed by atoms with Crippen molar-refractivity contribution in [2.75, 3.05) is 5.32 Å². The molecule has 0 saturated heterocycles. The van der Waals surface area contributed by atoms with Crippen LogP contribution in [0.3, 0.4) is 0 Å². The molecule has 2 rings (SSSR count). The molecule has 0 unspecified atom stereocenters. The SMILES string of the molecule is N#Cc1ccc(N[C@@H]2CCCC[C@H]2N)cc1Cl. The minimum absolute atomic E-state index is 0.207. The Labute approximate surface area is 107 Å². The van der Waals surface area contributed by atoms with Gasteiger partial charge in [0, 0.05) is 17.8 Å². The quantitative estimate of drug-likeness (QED) is 0.847. The molecule has 2 atom stereocenters. The number of nitriles is 1. The van der Waals surface area contributed by atoms with E-state index in [9.17, 15) is 0 Å². The summed E-state index contributed by atoms with van der Waals surface area (Å²) in [6.07, 6.45) is 4.60. The van der Waals surface area contributed by atoms with Crippen LogP contribution in [-0.2, 0) is 0 Å². The summed E-state index contributed by atoms with van der Waals surface area (Å²) in [6.45, 7) is 0. The fraction of sp³-hybridized carbons (Fsp3) is 0.462. The molecule has 3 N–H and O–H groups in total. The van der Waals surface area contributed by atoms with E-state index < -0.39 is 0 Å². The Morgan fingerprint density at radius 2 is 2.12 bits per heavy atom. The molecule has 90 valence electrons. The zero-order chi connectivity index (χ0) is 12.3. The zero-order valence-electron chi connectivity index (χ0n) is 9.62. The van der Waals surface area contributed by atoms with Gasteiger partial charge >= 0.3 is 0 Å². The second-order valence-electron chi connectivity index (χ2n) is 4.51. The van der Waals surface area contributed by atoms with Gasteiger partial charge in [0.2, 0.25) is 0 Å². The largest absolute Gasteiger partial charge is 0.381 e. The smallest absolute Gasteiger partial charge is 0.101 e. The third-order valence-corrected chi connectivity index (χ3v) is 3.57. The zero-order valence-corrected chi connectivity index (χ0v) is 10.4. The van der Waals surface area contributed by atoms with Crippen LogP contribution in [0.5, 0.6) is 0 Å². The van der Waals surface area contributed by atoms with Gasteiger partial charge in [0.15, 0.2) is 0 Å². The van der Waals surface area contributed by atoms with Crippen LogP contribution in [-0.4, -0.2) is 12.1 Å². The van der Waals surface area contributed by atoms with Gasteiger partial charge in [0.25, 0.3) is 0 Å². The fourth-order valence-electron chi connectivity index (χ4n) is 2.25. The Bertz CT molecular complexity index is 439. The van der Waals surface area contributed by atoms with Gasteiger partial charge in [0.1, 0.15) is 6.07 Å². The number of nitrogens with two attached hydrogens (primary N) is 1. The van der Waals surface area contributed by atoms with Crippen molar-refractivity contribution in [2.24, 2.45) is 5.73 Å². The highest BCUT2D eigenvalue weighted by atomic mass is 35.5. The Morgan fingerprint density at radius 3 is 2.76 bits per heavy atom. The van der Waals surface area contributed by atoms with Crippen molar-refractivity contribution < 1.29 is 0 Å². The van der Waals surface area contributed by atoms with Gasteiger partial charge in [-0.1, -0.05) is 24.4 Å². The van der Waals surface area contributed by atoms with E-state index >= 15 is 0 Å². The standard InChI is InChI=1S/C13H16ClN3/c14-11-7-10(6-5-9(11)8-15)17-13-4-2-1-3-12(13)16/h5-7,12-13,17H,1-4,16H2/t12-,13-/m1/s1. The molecular formula is C13H16ClN3. The van der Waals surface area contributed by atoms with Crippen molar-refractivity contribution in [1.82, 2.24) is 0 Å². The highest BCUT2D eigenvalue weighted by Crippen LogP contribution is 2.24. The monoisotopic (exact) mass is 249 g/mol. The number of nitrogens with zero attached hydrogens (tertiary/aromatic N) is 1. The molecule has 0 spiro atoms. The summed E-state index contributed by atoms with van der Waals surface area (Å²) >= 11 is 5.99. The summed E-state index contributed by atoms with van der Waals surface area (Å²) in [4.78, 5) is 0. The van der Waals surface area contributed by atoms with Crippen molar-refractivity contribution in [3.8, 4) is 6.07 Å². The van der Waals surface area contributed by atoms with Crippen LogP contribution < -0.4 is 11.1 Å². The van der Waals surface area contributed by atoms with Crippen molar-refractivity contribution in [1.29, 1.82) is 5.26 Å². The number of hydrogen-bond acceptors (Lipinski definition) is 3. The molecule has 0 radical (unpaired) electrons. The fourth-order valence-corrected chi connectivity index (χ4v) is 2.47. The van der Waals surface area contributed by atoms with E-state index in [2.05, 4.69) is 11.4 Å². The van der Waals surface area contributed by atoms with Gasteiger partial charge in [-0.15, -0.1) is 0 Å². The normalized spacial score (nSPS) is 24.1. The lowest BCUT2D eigenvalue weighted by Crippen LogP contribution is -2.42. The average molecular weight is 250 g/mol. The van der Waals surface area contributed by atoms with Gasteiger partial charge in [-0.05, 0) is 31.0 Å². The highest BCUT2D eigenvalue weighted by Gasteiger charge is 2.21. The molecule has 4 heteroatoms. The van der Waals surface area contributed by atoms with Crippen LogP contribution >= 0.6 is 11.6 Å². The molecule has 1 aromatic rings. The van der Waals surface area contributed by atoms with Crippen molar-refractivity contribution >= 4 is 17.3 Å². The molecule has 0 aromatic heterocycles. The van der Waals surface area contributed by atoms with E-state index in [1.165, 1.54) is 12.8 Å². The topological polar surface area (TPSA) is 61.8 Å². The Hall–Kier alpha value is -1.24. The predicted molar refractivity (Wildman–Crippen MR) is 70.0 cm³/mol. The maximum atomic E-state index is 8.80. The molecule has 1 saturated carbocycles. The van der Waals surface area contributed by atoms with Crippen LogP contribution in [0.15, 0.2) is 18.2 Å². The van der Waals surface area contributed by atoms with Crippen LogP contribution in [0, 0.1) is 11.3 Å². The van der Waals surface area contributed by atoms with E-state index in [4.69, 9.17) is 22.6 Å². The molecule has 0 aliphatic heterocycles. The third kappa shape index (κ3) is 2.91. The van der Waals surface area contributed by atoms with Gasteiger partial charge in [-0.25, -0.2) is 0 Å². The molecule has 1 fully saturated rings. The molecular weight excluding hydrogens is 234 g/mol. The maximum absolute atomic E-state index is 8.80. The van der Waals surface area contributed by atoms with Gasteiger partial charge in [0.05, 0.1) is 10.6 Å². The van der Waals surface area contributed by atoms with Crippen molar-refractivity contribution in [3.63, 3.8) is 0 Å². The molecule has 0 heterocycles. The lowest BCUT2D eigenvalue weighted by molar-refractivity contribution is 0.404. The van der Waals surface area contributed by atoms with E-state index in [-0.39, 0.29) is 6.04 Å². The second-order valence-corrected chi connectivity index (χ2v) is 4.91. The van der Waals surface area contributed by atoms with Gasteiger partial charge < -0.3 is 11.1 Å². The summed E-state index contributed by atoms with van der Waals surface area (Å²) < 4.78 is 0. The molecule has 1 aliphatic carbocycles. The summed E-state index contributed by atoms with van der Waals surface area (Å²) in [5.41, 5.74) is 7.52. The second kappa shape index (κ2) is 5.39. The lowest BCUT2D eigenvalue weighted by Gasteiger charge is -2.30. The predicted octanol–water partition coefficient (Wildman–Crippen LogP) is 2.89. The summed E-state index contributed by atoms with van der Waals surface area (Å²) in [7, 11) is 0. The maximum Gasteiger partial charge on any atom is 0.101 e. The van der Waals surface area contributed by atoms with E-state index in [1.807, 2.05) is 6.07 Å². The minimum atomic E-state index is 0.207. The first-order chi connectivity index (χ1) is 8.20. The number of nitrogens with one attached hydrogen (secondary N) is 1. The van der Waals surface area contributed by atoms with Gasteiger partial charge in [-0.3, -0.25) is 0 Å². The molecule has 0 bridgehead atoms. The molecule has 17 heavy (non-hydrogen) atoms. The first-order valence-electron chi connectivity index (χ1n) is 5.92. The Morgan fingerprint density at radius 1 is 1.35 bits per heavy atom. The van der Waals surface area contributed by atoms with Crippen LogP contribution in [0.4, 0.5) is 5.69 Å². The minimum Gasteiger partial charge on any atom is -0.381 e. The first-order valence-corrected chi connectivity index (χ1v) is 6.30. The van der Waals surface area contributed by atoms with E-state index in [0.717, 1.165) is 18.5 Å². The lowest BCUT2D eigenvalue weighted by atomic mass is 9.91. The Kier molecular flexibility index (Phi) is 3.88. The molecule has 1 aromatic carbocycles. The molecule has 3 nitrogen and oxygen atoms in total. The summed E-state index contributed by atoms with van der Waals surface area (Å²) in [6, 6.07) is 7.98. The molecule has 1 aliphatic rings. The van der Waals surface area contributed by atoms with Crippen LogP contribution in [0.2, 0.25) is 5.02 Å². The highest BCUT2D eigenvalue weighted by molar-refractivity contribution is 6.32. The number of benzene rings is 1. The van der Waals surface area contributed by atoms with Crippen LogP contribution in [0.25, 0.3) is 0 Å².